The summed E-state index contributed by atoms with van der Waals surface area (Å²) in [5, 5.41) is 0.484. The number of esters is 3. The number of fused-ring (bicyclic) bond motifs is 1. The van der Waals surface area contributed by atoms with E-state index >= 15 is 0 Å². The van der Waals surface area contributed by atoms with Gasteiger partial charge in [-0.1, -0.05) is 0 Å². The molecule has 0 aliphatic carbocycles. The average Bonchev–Trinajstić information content (AvgIpc) is 2.69. The Kier molecular flexibility index (Phi) is 7.55. The van der Waals surface area contributed by atoms with Gasteiger partial charge in [0.25, 0.3) is 0 Å². The van der Waals surface area contributed by atoms with Gasteiger partial charge in [-0.05, 0) is 32.0 Å². The molecule has 0 N–H and O–H groups in total. The zero-order valence-corrected chi connectivity index (χ0v) is 20.0. The molecule has 1 fully saturated rings. The Morgan fingerprint density at radius 3 is 2.25 bits per heavy atom. The quantitative estimate of drug-likeness (QED) is 0.467. The van der Waals surface area contributed by atoms with Crippen LogP contribution in [-0.2, 0) is 28.6 Å². The maximum atomic E-state index is 12.5. The van der Waals surface area contributed by atoms with Gasteiger partial charge in [0, 0.05) is 37.0 Å². The van der Waals surface area contributed by atoms with Gasteiger partial charge in [0.1, 0.15) is 11.3 Å². The molecule has 2 aromatic rings. The van der Waals surface area contributed by atoms with Crippen LogP contribution in [0.4, 0.5) is 0 Å². The van der Waals surface area contributed by atoms with Gasteiger partial charge in [-0.15, -0.1) is 23.5 Å². The van der Waals surface area contributed by atoms with Crippen molar-refractivity contribution >= 4 is 52.4 Å². The third-order valence-corrected chi connectivity index (χ3v) is 7.73. The van der Waals surface area contributed by atoms with Crippen LogP contribution in [0.1, 0.15) is 32.1 Å². The number of ether oxygens (including phenoxy) is 3. The van der Waals surface area contributed by atoms with Gasteiger partial charge in [0.05, 0.1) is 9.97 Å². The summed E-state index contributed by atoms with van der Waals surface area (Å²) in [5.74, 6) is -0.728. The van der Waals surface area contributed by atoms with Crippen molar-refractivity contribution < 1.29 is 33.0 Å². The van der Waals surface area contributed by atoms with E-state index in [-0.39, 0.29) is 10.0 Å². The summed E-state index contributed by atoms with van der Waals surface area (Å²) < 4.78 is 21.7. The molecule has 1 aromatic carbocycles. The third kappa shape index (κ3) is 5.47. The lowest BCUT2D eigenvalue weighted by Crippen LogP contribution is -2.53. The fourth-order valence-corrected chi connectivity index (χ4v) is 6.21. The average molecular weight is 481 g/mol. The van der Waals surface area contributed by atoms with Gasteiger partial charge >= 0.3 is 17.9 Å². The number of benzene rings is 1. The van der Waals surface area contributed by atoms with Crippen molar-refractivity contribution in [2.75, 3.05) is 5.75 Å². The van der Waals surface area contributed by atoms with Crippen molar-refractivity contribution in [3.8, 4) is 0 Å². The Bertz CT molecular complexity index is 1110. The van der Waals surface area contributed by atoms with Crippen molar-refractivity contribution in [2.45, 2.75) is 62.4 Å². The molecule has 1 saturated heterocycles. The number of carbonyl (C=O) groups excluding carboxylic acids is 3. The fraction of sp³-hybridized carbons (Fsp3) is 0.455. The summed E-state index contributed by atoms with van der Waals surface area (Å²) in [5.41, 5.74) is 0.947. The van der Waals surface area contributed by atoms with E-state index in [1.807, 2.05) is 0 Å². The number of thioether (sulfide) groups is 2. The van der Waals surface area contributed by atoms with E-state index < -0.39 is 36.2 Å². The molecule has 172 valence electrons. The number of carbonyl (C=O) groups is 3. The summed E-state index contributed by atoms with van der Waals surface area (Å²) in [7, 11) is 0. The summed E-state index contributed by atoms with van der Waals surface area (Å²) in [6, 6.07) is 5.26. The van der Waals surface area contributed by atoms with Crippen LogP contribution < -0.4 is 5.43 Å². The molecule has 0 amide bonds. The molecule has 3 rings (SSSR count). The minimum absolute atomic E-state index is 0.0794. The monoisotopic (exact) mass is 480 g/mol. The lowest BCUT2D eigenvalue weighted by atomic mass is 10.1. The van der Waals surface area contributed by atoms with Crippen molar-refractivity contribution in [1.29, 1.82) is 0 Å². The highest BCUT2D eigenvalue weighted by Crippen LogP contribution is 2.42. The molecule has 2 heterocycles. The van der Waals surface area contributed by atoms with Crippen LogP contribution in [0.2, 0.25) is 0 Å². The minimum Gasteiger partial charge on any atom is -0.461 e. The van der Waals surface area contributed by atoms with E-state index in [2.05, 4.69) is 0 Å². The van der Waals surface area contributed by atoms with E-state index in [1.54, 1.807) is 32.0 Å². The highest BCUT2D eigenvalue weighted by atomic mass is 32.2. The van der Waals surface area contributed by atoms with Crippen LogP contribution in [-0.4, -0.2) is 46.6 Å². The highest BCUT2D eigenvalue weighted by Gasteiger charge is 2.46. The zero-order chi connectivity index (χ0) is 23.6. The van der Waals surface area contributed by atoms with Gasteiger partial charge in [-0.3, -0.25) is 19.2 Å². The molecule has 8 nitrogen and oxygen atoms in total. The number of rotatable bonds is 5. The molecule has 0 spiro atoms. The first-order valence-corrected chi connectivity index (χ1v) is 11.8. The van der Waals surface area contributed by atoms with Crippen molar-refractivity contribution in [3.63, 3.8) is 0 Å². The summed E-state index contributed by atoms with van der Waals surface area (Å²) in [6.07, 6.45) is -2.54. The molecular weight excluding hydrogens is 456 g/mol. The zero-order valence-electron chi connectivity index (χ0n) is 18.3. The number of hydrogen-bond acceptors (Lipinski definition) is 10. The highest BCUT2D eigenvalue weighted by molar-refractivity contribution is 8.17. The number of hydrogen-bond donors (Lipinski definition) is 0. The first-order valence-electron chi connectivity index (χ1n) is 9.90. The molecule has 1 aliphatic heterocycles. The fourth-order valence-electron chi connectivity index (χ4n) is 3.40. The largest absolute Gasteiger partial charge is 0.461 e. The molecule has 0 saturated carbocycles. The van der Waals surface area contributed by atoms with Gasteiger partial charge < -0.3 is 18.6 Å². The minimum atomic E-state index is -0.942. The van der Waals surface area contributed by atoms with Gasteiger partial charge in [-0.25, -0.2) is 0 Å². The van der Waals surface area contributed by atoms with Crippen molar-refractivity contribution in [1.82, 2.24) is 0 Å². The van der Waals surface area contributed by atoms with Crippen LogP contribution in [0.5, 0.6) is 0 Å². The van der Waals surface area contributed by atoms with Gasteiger partial charge in [0.2, 0.25) is 0 Å². The molecule has 1 aromatic heterocycles. The molecule has 10 heteroatoms. The first-order chi connectivity index (χ1) is 15.1. The Balaban J connectivity index is 1.93. The Morgan fingerprint density at radius 2 is 1.62 bits per heavy atom. The second-order valence-corrected chi connectivity index (χ2v) is 10.1. The van der Waals surface area contributed by atoms with Gasteiger partial charge in [-0.2, -0.15) is 0 Å². The second-order valence-electron chi connectivity index (χ2n) is 7.39. The predicted octanol–water partition coefficient (Wildman–Crippen LogP) is 3.37. The van der Waals surface area contributed by atoms with Gasteiger partial charge in [0.15, 0.2) is 23.7 Å². The maximum absolute atomic E-state index is 12.5. The van der Waals surface area contributed by atoms with E-state index in [0.29, 0.717) is 28.0 Å². The standard InChI is InChI=1S/C22H24O8S2/c1-10-11(2)27-17-8-15(6-7-16(17)19(10)26)32-22-21(30-14(5)25)20(29-13(4)24)18(9-31-22)28-12(3)23/h6-8,18,20-22H,9H2,1-5H3/t18-,20+,21-,22+/m1/s1. The Labute approximate surface area is 193 Å². The maximum Gasteiger partial charge on any atom is 0.303 e. The normalized spacial score (nSPS) is 22.9. The molecular formula is C22H24O8S2. The van der Waals surface area contributed by atoms with E-state index in [0.717, 1.165) is 4.90 Å². The Morgan fingerprint density at radius 1 is 1.00 bits per heavy atom. The lowest BCUT2D eigenvalue weighted by molar-refractivity contribution is -0.180. The van der Waals surface area contributed by atoms with Crippen molar-refractivity contribution in [2.24, 2.45) is 0 Å². The summed E-state index contributed by atoms with van der Waals surface area (Å²) >= 11 is 2.82. The molecule has 0 unspecified atom stereocenters. The molecule has 1 aliphatic rings. The molecule has 0 radical (unpaired) electrons. The molecule has 0 bridgehead atoms. The molecule has 4 atom stereocenters. The lowest BCUT2D eigenvalue weighted by Gasteiger charge is -2.39. The van der Waals surface area contributed by atoms with E-state index in [9.17, 15) is 19.2 Å². The molecule has 32 heavy (non-hydrogen) atoms. The summed E-state index contributed by atoms with van der Waals surface area (Å²) in [6.45, 7) is 7.24. The predicted molar refractivity (Wildman–Crippen MR) is 121 cm³/mol. The topological polar surface area (TPSA) is 109 Å². The SMILES string of the molecule is CC(=O)O[C@@H]1[C@@H](OC(C)=O)[C@H](Sc2ccc3c(=O)c(C)c(C)oc3c2)SC[C@H]1OC(C)=O. The van der Waals surface area contributed by atoms with Crippen LogP contribution in [0.25, 0.3) is 11.0 Å². The van der Waals surface area contributed by atoms with Crippen LogP contribution >= 0.6 is 23.5 Å². The second kappa shape index (κ2) is 9.99. The van der Waals surface area contributed by atoms with Crippen LogP contribution in [0, 0.1) is 13.8 Å². The first kappa shape index (κ1) is 24.2. The number of aryl methyl sites for hydroxylation is 1. The third-order valence-electron chi connectivity index (χ3n) is 4.89. The van der Waals surface area contributed by atoms with Crippen LogP contribution in [0.3, 0.4) is 0 Å². The smallest absolute Gasteiger partial charge is 0.303 e. The van der Waals surface area contributed by atoms with Crippen LogP contribution in [0.15, 0.2) is 32.3 Å². The van der Waals surface area contributed by atoms with Crippen molar-refractivity contribution in [3.05, 3.63) is 39.7 Å². The summed E-state index contributed by atoms with van der Waals surface area (Å²) in [4.78, 5) is 48.3. The van der Waals surface area contributed by atoms with E-state index in [1.165, 1.54) is 44.3 Å². The Hall–Kier alpha value is -2.46. The van der Waals surface area contributed by atoms with E-state index in [4.69, 9.17) is 18.6 Å².